The highest BCUT2D eigenvalue weighted by molar-refractivity contribution is 5.92. The Morgan fingerprint density at radius 1 is 1.04 bits per heavy atom. The summed E-state index contributed by atoms with van der Waals surface area (Å²) in [5.41, 5.74) is 2.10. The summed E-state index contributed by atoms with van der Waals surface area (Å²) in [6, 6.07) is 8.78. The molecule has 0 spiro atoms. The van der Waals surface area contributed by atoms with Crippen LogP contribution in [0.15, 0.2) is 24.3 Å². The summed E-state index contributed by atoms with van der Waals surface area (Å²) in [6.07, 6.45) is 6.94. The van der Waals surface area contributed by atoms with E-state index < -0.39 is 0 Å². The number of piperazine rings is 1. The molecule has 2 fully saturated rings. The smallest absolute Gasteiger partial charge is 0.238 e. The number of carbonyl (C=O) groups excluding carboxylic acids is 1. The van der Waals surface area contributed by atoms with Gasteiger partial charge in [0.15, 0.2) is 0 Å². The highest BCUT2D eigenvalue weighted by Gasteiger charge is 2.25. The Morgan fingerprint density at radius 2 is 1.70 bits per heavy atom. The van der Waals surface area contributed by atoms with Crippen molar-refractivity contribution >= 4 is 11.6 Å². The monoisotopic (exact) mass is 315 g/mol. The van der Waals surface area contributed by atoms with Crippen LogP contribution in [0.25, 0.3) is 0 Å². The summed E-state index contributed by atoms with van der Waals surface area (Å²) in [5.74, 6) is 0.0972. The lowest BCUT2D eigenvalue weighted by molar-refractivity contribution is -0.117. The molecular weight excluding hydrogens is 286 g/mol. The van der Waals surface area contributed by atoms with Gasteiger partial charge >= 0.3 is 0 Å². The predicted molar refractivity (Wildman–Crippen MR) is 94.7 cm³/mol. The lowest BCUT2D eigenvalue weighted by Gasteiger charge is -2.40. The molecule has 4 heteroatoms. The van der Waals surface area contributed by atoms with Crippen LogP contribution >= 0.6 is 0 Å². The minimum atomic E-state index is 0.0972. The van der Waals surface area contributed by atoms with E-state index >= 15 is 0 Å². The Hall–Kier alpha value is -1.39. The summed E-state index contributed by atoms with van der Waals surface area (Å²) in [7, 11) is 0. The minimum absolute atomic E-state index is 0.0972. The zero-order valence-corrected chi connectivity index (χ0v) is 14.3. The molecular formula is C19H29N3O. The Balaban J connectivity index is 1.41. The van der Waals surface area contributed by atoms with Gasteiger partial charge in [-0.25, -0.2) is 0 Å². The van der Waals surface area contributed by atoms with Crippen LogP contribution in [0.2, 0.25) is 0 Å². The first kappa shape index (κ1) is 16.5. The molecule has 0 atom stereocenters. The standard InChI is InChI=1S/C19H29N3O/c1-16-7-9-17(10-8-16)20-19(23)15-21-11-13-22(14-12-21)18-5-3-2-4-6-18/h7-10,18H,2-6,11-15H2,1H3,(H,20,23). The van der Waals surface area contributed by atoms with E-state index in [-0.39, 0.29) is 5.91 Å². The predicted octanol–water partition coefficient (Wildman–Crippen LogP) is 2.88. The Morgan fingerprint density at radius 3 is 2.35 bits per heavy atom. The topological polar surface area (TPSA) is 35.6 Å². The molecule has 1 saturated heterocycles. The van der Waals surface area contributed by atoms with Crippen LogP contribution < -0.4 is 5.32 Å². The number of hydrogen-bond donors (Lipinski definition) is 1. The van der Waals surface area contributed by atoms with Gasteiger partial charge in [0.1, 0.15) is 0 Å². The van der Waals surface area contributed by atoms with Gasteiger partial charge in [-0.05, 0) is 31.9 Å². The molecule has 1 saturated carbocycles. The van der Waals surface area contributed by atoms with Crippen molar-refractivity contribution in [1.82, 2.24) is 9.80 Å². The summed E-state index contributed by atoms with van der Waals surface area (Å²) >= 11 is 0. The average molecular weight is 315 g/mol. The lowest BCUT2D eigenvalue weighted by atomic mass is 9.94. The minimum Gasteiger partial charge on any atom is -0.325 e. The van der Waals surface area contributed by atoms with E-state index in [0.29, 0.717) is 6.54 Å². The van der Waals surface area contributed by atoms with Crippen LogP contribution in [0, 0.1) is 6.92 Å². The number of rotatable bonds is 4. The molecule has 1 aromatic rings. The fourth-order valence-corrected chi connectivity index (χ4v) is 3.77. The Labute approximate surface area is 139 Å². The number of amides is 1. The lowest BCUT2D eigenvalue weighted by Crippen LogP contribution is -2.52. The van der Waals surface area contributed by atoms with Crippen molar-refractivity contribution in [3.8, 4) is 0 Å². The number of hydrogen-bond acceptors (Lipinski definition) is 3. The van der Waals surface area contributed by atoms with Gasteiger partial charge in [0.05, 0.1) is 6.54 Å². The molecule has 126 valence electrons. The molecule has 3 rings (SSSR count). The zero-order chi connectivity index (χ0) is 16.1. The second-order valence-corrected chi connectivity index (χ2v) is 7.02. The van der Waals surface area contributed by atoms with Crippen molar-refractivity contribution in [2.45, 2.75) is 45.1 Å². The van der Waals surface area contributed by atoms with Crippen LogP contribution in [-0.4, -0.2) is 54.5 Å². The second kappa shape index (κ2) is 7.93. The molecule has 0 aromatic heterocycles. The highest BCUT2D eigenvalue weighted by atomic mass is 16.2. The number of carbonyl (C=O) groups is 1. The molecule has 23 heavy (non-hydrogen) atoms. The first-order valence-electron chi connectivity index (χ1n) is 9.03. The van der Waals surface area contributed by atoms with E-state index in [1.165, 1.54) is 37.7 Å². The van der Waals surface area contributed by atoms with E-state index in [4.69, 9.17) is 0 Å². The van der Waals surface area contributed by atoms with Gasteiger partial charge < -0.3 is 5.32 Å². The van der Waals surface area contributed by atoms with Crippen LogP contribution in [-0.2, 0) is 4.79 Å². The molecule has 1 amide bonds. The molecule has 1 N–H and O–H groups in total. The first-order chi connectivity index (χ1) is 11.2. The third-order valence-corrected chi connectivity index (χ3v) is 5.20. The number of aryl methyl sites for hydroxylation is 1. The molecule has 1 heterocycles. The van der Waals surface area contributed by atoms with Crippen molar-refractivity contribution in [2.24, 2.45) is 0 Å². The highest BCUT2D eigenvalue weighted by Crippen LogP contribution is 2.23. The number of anilines is 1. The van der Waals surface area contributed by atoms with E-state index in [1.807, 2.05) is 24.3 Å². The number of nitrogens with zero attached hydrogens (tertiary/aromatic N) is 2. The summed E-state index contributed by atoms with van der Waals surface area (Å²) in [4.78, 5) is 17.1. The Bertz CT molecular complexity index is 500. The van der Waals surface area contributed by atoms with Crippen LogP contribution in [0.4, 0.5) is 5.69 Å². The fraction of sp³-hybridized carbons (Fsp3) is 0.632. The quantitative estimate of drug-likeness (QED) is 0.928. The van der Waals surface area contributed by atoms with E-state index in [1.54, 1.807) is 0 Å². The van der Waals surface area contributed by atoms with Gasteiger partial charge in [-0.3, -0.25) is 14.6 Å². The third-order valence-electron chi connectivity index (χ3n) is 5.20. The summed E-state index contributed by atoms with van der Waals surface area (Å²) < 4.78 is 0. The zero-order valence-electron chi connectivity index (χ0n) is 14.3. The van der Waals surface area contributed by atoms with Gasteiger partial charge in [0.25, 0.3) is 0 Å². The van der Waals surface area contributed by atoms with E-state index in [9.17, 15) is 4.79 Å². The SMILES string of the molecule is Cc1ccc(NC(=O)CN2CCN(C3CCCCC3)CC2)cc1. The van der Waals surface area contributed by atoms with Crippen LogP contribution in [0.5, 0.6) is 0 Å². The molecule has 1 aromatic carbocycles. The maximum atomic E-state index is 12.2. The number of nitrogens with one attached hydrogen (secondary N) is 1. The molecule has 1 aliphatic carbocycles. The van der Waals surface area contributed by atoms with Gasteiger partial charge in [-0.2, -0.15) is 0 Å². The second-order valence-electron chi connectivity index (χ2n) is 7.02. The molecule has 1 aliphatic heterocycles. The van der Waals surface area contributed by atoms with Gasteiger partial charge in [-0.1, -0.05) is 37.0 Å². The summed E-state index contributed by atoms with van der Waals surface area (Å²) in [5, 5.41) is 3.00. The van der Waals surface area contributed by atoms with Crippen LogP contribution in [0.1, 0.15) is 37.7 Å². The van der Waals surface area contributed by atoms with Crippen molar-refractivity contribution in [3.63, 3.8) is 0 Å². The molecule has 0 unspecified atom stereocenters. The third kappa shape index (κ3) is 4.79. The maximum Gasteiger partial charge on any atom is 0.238 e. The molecule has 4 nitrogen and oxygen atoms in total. The van der Waals surface area contributed by atoms with Crippen molar-refractivity contribution < 1.29 is 4.79 Å². The van der Waals surface area contributed by atoms with Gasteiger partial charge in [-0.15, -0.1) is 0 Å². The van der Waals surface area contributed by atoms with Crippen molar-refractivity contribution in [3.05, 3.63) is 29.8 Å². The first-order valence-corrected chi connectivity index (χ1v) is 9.03. The largest absolute Gasteiger partial charge is 0.325 e. The Kier molecular flexibility index (Phi) is 5.68. The average Bonchev–Trinajstić information content (AvgIpc) is 2.58. The number of benzene rings is 1. The van der Waals surface area contributed by atoms with Gasteiger partial charge in [0.2, 0.25) is 5.91 Å². The van der Waals surface area contributed by atoms with Crippen LogP contribution in [0.3, 0.4) is 0 Å². The van der Waals surface area contributed by atoms with Crippen molar-refractivity contribution in [1.29, 1.82) is 0 Å². The maximum absolute atomic E-state index is 12.2. The molecule has 0 radical (unpaired) electrons. The van der Waals surface area contributed by atoms with E-state index in [0.717, 1.165) is 37.9 Å². The van der Waals surface area contributed by atoms with E-state index in [2.05, 4.69) is 22.0 Å². The fourth-order valence-electron chi connectivity index (χ4n) is 3.77. The molecule has 0 bridgehead atoms. The normalized spacial score (nSPS) is 21.3. The molecule has 2 aliphatic rings. The van der Waals surface area contributed by atoms with Crippen molar-refractivity contribution in [2.75, 3.05) is 38.0 Å². The van der Waals surface area contributed by atoms with Gasteiger partial charge in [0, 0.05) is 37.9 Å². The summed E-state index contributed by atoms with van der Waals surface area (Å²) in [6.45, 7) is 6.81.